The molecule has 1 aromatic rings. The third-order valence-corrected chi connectivity index (χ3v) is 3.43. The Hall–Kier alpha value is -1.06. The molecule has 94 valence electrons. The smallest absolute Gasteiger partial charge is 0.0516 e. The molecule has 3 heteroatoms. The fraction of sp³-hybridized carbons (Fsp3) is 0.571. The van der Waals surface area contributed by atoms with Crippen LogP contribution in [0.15, 0.2) is 24.3 Å². The molecule has 3 nitrogen and oxygen atoms in total. The molecule has 1 heterocycles. The van der Waals surface area contributed by atoms with Gasteiger partial charge < -0.3 is 14.7 Å². The summed E-state index contributed by atoms with van der Waals surface area (Å²) in [7, 11) is 4.06. The van der Waals surface area contributed by atoms with Crippen LogP contribution >= 0.6 is 0 Å². The van der Waals surface area contributed by atoms with Crippen LogP contribution < -0.4 is 4.90 Å². The average molecular weight is 235 g/mol. The molecule has 0 spiro atoms. The minimum atomic E-state index is 0.220. The lowest BCUT2D eigenvalue weighted by Gasteiger charge is -2.29. The van der Waals surface area contributed by atoms with E-state index >= 15 is 0 Å². The fourth-order valence-corrected chi connectivity index (χ4v) is 2.18. The van der Waals surface area contributed by atoms with E-state index in [0.29, 0.717) is 5.92 Å². The Kier molecular flexibility index (Phi) is 4.02. The highest BCUT2D eigenvalue weighted by Crippen LogP contribution is 2.28. The van der Waals surface area contributed by atoms with Crippen LogP contribution in [0, 0.1) is 5.92 Å². The number of hydrogen-bond acceptors (Lipinski definition) is 3. The highest BCUT2D eigenvalue weighted by molar-refractivity contribution is 5.46. The summed E-state index contributed by atoms with van der Waals surface area (Å²) in [5.41, 5.74) is 2.42. The first-order chi connectivity index (χ1) is 8.20. The first kappa shape index (κ1) is 12.4. The molecule has 0 saturated carbocycles. The molecule has 1 atom stereocenters. The first-order valence-electron chi connectivity index (χ1n) is 6.16. The van der Waals surface area contributed by atoms with Crippen LogP contribution in [0.5, 0.6) is 0 Å². The minimum Gasteiger partial charge on any atom is -0.396 e. The minimum absolute atomic E-state index is 0.220. The van der Waals surface area contributed by atoms with Gasteiger partial charge in [0.2, 0.25) is 0 Å². The number of nitrogens with zero attached hydrogens (tertiary/aromatic N) is 1. The van der Waals surface area contributed by atoms with Crippen molar-refractivity contribution in [3.8, 4) is 0 Å². The maximum atomic E-state index is 9.48. The second-order valence-corrected chi connectivity index (χ2v) is 5.00. The maximum Gasteiger partial charge on any atom is 0.0516 e. The summed E-state index contributed by atoms with van der Waals surface area (Å²) in [5, 5.41) is 9.48. The Morgan fingerprint density at radius 1 is 1.29 bits per heavy atom. The van der Waals surface area contributed by atoms with Crippen molar-refractivity contribution in [2.45, 2.75) is 12.3 Å². The van der Waals surface area contributed by atoms with Gasteiger partial charge in [-0.25, -0.2) is 0 Å². The van der Waals surface area contributed by atoms with Gasteiger partial charge in [-0.3, -0.25) is 0 Å². The Morgan fingerprint density at radius 2 is 1.94 bits per heavy atom. The average Bonchev–Trinajstić information content (AvgIpc) is 2.28. The number of ether oxygens (including phenoxy) is 1. The van der Waals surface area contributed by atoms with Gasteiger partial charge in [0.15, 0.2) is 0 Å². The van der Waals surface area contributed by atoms with Crippen molar-refractivity contribution < 1.29 is 9.84 Å². The molecular formula is C14H21NO2. The standard InChI is InChI=1S/C14H21NO2/c1-15(2)14-5-3-12(4-6-14)13(8-16)7-11-9-17-10-11/h3-6,11,13,16H,7-10H2,1-2H3. The van der Waals surface area contributed by atoms with Gasteiger partial charge in [-0.05, 0) is 24.1 Å². The molecule has 2 rings (SSSR count). The molecule has 1 aliphatic rings. The van der Waals surface area contributed by atoms with Crippen molar-refractivity contribution in [3.05, 3.63) is 29.8 Å². The van der Waals surface area contributed by atoms with E-state index in [1.54, 1.807) is 0 Å². The predicted octanol–water partition coefficient (Wildman–Crippen LogP) is 1.86. The lowest BCUT2D eigenvalue weighted by atomic mass is 9.88. The molecule has 0 aromatic heterocycles. The highest BCUT2D eigenvalue weighted by atomic mass is 16.5. The summed E-state index contributed by atoms with van der Waals surface area (Å²) < 4.78 is 5.18. The van der Waals surface area contributed by atoms with Crippen molar-refractivity contribution in [2.24, 2.45) is 5.92 Å². The number of benzene rings is 1. The third kappa shape index (κ3) is 2.99. The molecule has 1 fully saturated rings. The molecule has 1 N–H and O–H groups in total. The lowest BCUT2D eigenvalue weighted by Crippen LogP contribution is -2.29. The van der Waals surface area contributed by atoms with Crippen LogP contribution in [0.2, 0.25) is 0 Å². The van der Waals surface area contributed by atoms with Crippen LogP contribution in [-0.2, 0) is 4.74 Å². The van der Waals surface area contributed by atoms with Crippen LogP contribution in [0.25, 0.3) is 0 Å². The third-order valence-electron chi connectivity index (χ3n) is 3.43. The Bertz CT molecular complexity index is 344. The zero-order valence-electron chi connectivity index (χ0n) is 10.6. The number of aliphatic hydroxyl groups is 1. The molecule has 1 aromatic carbocycles. The van der Waals surface area contributed by atoms with Gasteiger partial charge in [-0.15, -0.1) is 0 Å². The van der Waals surface area contributed by atoms with Gasteiger partial charge >= 0.3 is 0 Å². The van der Waals surface area contributed by atoms with E-state index in [9.17, 15) is 5.11 Å². The van der Waals surface area contributed by atoms with Crippen molar-refractivity contribution in [3.63, 3.8) is 0 Å². The molecule has 1 saturated heterocycles. The van der Waals surface area contributed by atoms with Crippen molar-refractivity contribution in [1.82, 2.24) is 0 Å². The van der Waals surface area contributed by atoms with Crippen molar-refractivity contribution in [1.29, 1.82) is 0 Å². The zero-order valence-corrected chi connectivity index (χ0v) is 10.6. The molecule has 1 aliphatic heterocycles. The van der Waals surface area contributed by atoms with Crippen LogP contribution in [0.4, 0.5) is 5.69 Å². The molecular weight excluding hydrogens is 214 g/mol. The summed E-state index contributed by atoms with van der Waals surface area (Å²) in [4.78, 5) is 2.08. The van der Waals surface area contributed by atoms with Crippen molar-refractivity contribution >= 4 is 5.69 Å². The van der Waals surface area contributed by atoms with Gasteiger partial charge in [-0.1, -0.05) is 12.1 Å². The quantitative estimate of drug-likeness (QED) is 0.845. The normalized spacial score (nSPS) is 17.6. The summed E-state index contributed by atoms with van der Waals surface area (Å²) >= 11 is 0. The Labute approximate surface area is 103 Å². The highest BCUT2D eigenvalue weighted by Gasteiger charge is 2.23. The first-order valence-corrected chi connectivity index (χ1v) is 6.16. The van der Waals surface area contributed by atoms with E-state index in [1.165, 1.54) is 11.3 Å². The molecule has 0 aliphatic carbocycles. The van der Waals surface area contributed by atoms with E-state index in [0.717, 1.165) is 19.6 Å². The topological polar surface area (TPSA) is 32.7 Å². The molecule has 0 radical (unpaired) electrons. The molecule has 0 bridgehead atoms. The second-order valence-electron chi connectivity index (χ2n) is 5.00. The molecule has 17 heavy (non-hydrogen) atoms. The molecule has 1 unspecified atom stereocenters. The predicted molar refractivity (Wildman–Crippen MR) is 69.5 cm³/mol. The number of rotatable bonds is 5. The molecule has 0 amide bonds. The van der Waals surface area contributed by atoms with Crippen LogP contribution in [0.3, 0.4) is 0 Å². The number of aliphatic hydroxyl groups excluding tert-OH is 1. The van der Waals surface area contributed by atoms with E-state index in [1.807, 2.05) is 14.1 Å². The summed E-state index contributed by atoms with van der Waals surface area (Å²) in [6.07, 6.45) is 1.03. The summed E-state index contributed by atoms with van der Waals surface area (Å²) in [6.45, 7) is 1.93. The fourth-order valence-electron chi connectivity index (χ4n) is 2.18. The summed E-state index contributed by atoms with van der Waals surface area (Å²) in [5.74, 6) is 0.876. The second kappa shape index (κ2) is 5.52. The van der Waals surface area contributed by atoms with E-state index in [4.69, 9.17) is 4.74 Å². The van der Waals surface area contributed by atoms with E-state index in [2.05, 4.69) is 29.2 Å². The SMILES string of the molecule is CN(C)c1ccc(C(CO)CC2COC2)cc1. The van der Waals surface area contributed by atoms with Crippen molar-refractivity contribution in [2.75, 3.05) is 38.8 Å². The largest absolute Gasteiger partial charge is 0.396 e. The van der Waals surface area contributed by atoms with Gasteiger partial charge in [-0.2, -0.15) is 0 Å². The Balaban J connectivity index is 2.02. The Morgan fingerprint density at radius 3 is 2.35 bits per heavy atom. The van der Waals surface area contributed by atoms with E-state index in [-0.39, 0.29) is 12.5 Å². The maximum absolute atomic E-state index is 9.48. The number of anilines is 1. The van der Waals surface area contributed by atoms with E-state index < -0.39 is 0 Å². The van der Waals surface area contributed by atoms with Gasteiger partial charge in [0.25, 0.3) is 0 Å². The van der Waals surface area contributed by atoms with Crippen LogP contribution in [0.1, 0.15) is 17.9 Å². The lowest BCUT2D eigenvalue weighted by molar-refractivity contribution is -0.0405. The monoisotopic (exact) mass is 235 g/mol. The van der Waals surface area contributed by atoms with Gasteiger partial charge in [0.1, 0.15) is 0 Å². The van der Waals surface area contributed by atoms with Gasteiger partial charge in [0.05, 0.1) is 13.2 Å². The van der Waals surface area contributed by atoms with Crippen LogP contribution in [-0.4, -0.2) is 39.0 Å². The number of hydrogen-bond donors (Lipinski definition) is 1. The van der Waals surface area contributed by atoms with Gasteiger partial charge in [0, 0.05) is 38.2 Å². The summed E-state index contributed by atoms with van der Waals surface area (Å²) in [6, 6.07) is 8.45. The zero-order chi connectivity index (χ0) is 12.3.